The highest BCUT2D eigenvalue weighted by molar-refractivity contribution is 7.90. The molecular weight excluding hydrogens is 416 g/mol. The number of benzene rings is 2. The summed E-state index contributed by atoms with van der Waals surface area (Å²) in [6.45, 7) is 2.43. The third-order valence-electron chi connectivity index (χ3n) is 5.80. The fraction of sp³-hybridized carbons (Fsp3) is 0.348. The van der Waals surface area contributed by atoms with Gasteiger partial charge in [-0.2, -0.15) is 0 Å². The van der Waals surface area contributed by atoms with Gasteiger partial charge in [0.1, 0.15) is 15.9 Å². The van der Waals surface area contributed by atoms with Crippen LogP contribution in [0.3, 0.4) is 0 Å². The fourth-order valence-electron chi connectivity index (χ4n) is 4.31. The Kier molecular flexibility index (Phi) is 5.43. The van der Waals surface area contributed by atoms with E-state index in [1.165, 1.54) is 0 Å². The monoisotopic (exact) mass is 440 g/mol. The molecule has 3 amide bonds. The highest BCUT2D eigenvalue weighted by Gasteiger charge is 2.44. The maximum atomic E-state index is 13.7. The van der Waals surface area contributed by atoms with E-state index in [1.807, 2.05) is 25.1 Å². The van der Waals surface area contributed by atoms with Gasteiger partial charge in [-0.1, -0.05) is 29.8 Å². The molecule has 0 aromatic heterocycles. The lowest BCUT2D eigenvalue weighted by molar-refractivity contribution is -0.122. The van der Waals surface area contributed by atoms with Gasteiger partial charge in [0.05, 0.1) is 16.9 Å². The number of aryl methyl sites for hydroxylation is 2. The van der Waals surface area contributed by atoms with Crippen LogP contribution in [-0.2, 0) is 21.1 Å². The van der Waals surface area contributed by atoms with E-state index in [1.54, 1.807) is 29.2 Å². The van der Waals surface area contributed by atoms with Crippen molar-refractivity contribution in [2.24, 2.45) is 0 Å². The summed E-state index contributed by atoms with van der Waals surface area (Å²) in [4.78, 5) is 42.3. The van der Waals surface area contributed by atoms with Gasteiger partial charge in [0, 0.05) is 18.5 Å². The molecule has 2 aromatic rings. The Morgan fingerprint density at radius 1 is 1.06 bits per heavy atom. The van der Waals surface area contributed by atoms with Crippen molar-refractivity contribution in [1.82, 2.24) is 4.90 Å². The van der Waals surface area contributed by atoms with Crippen LogP contribution in [-0.4, -0.2) is 55.6 Å². The van der Waals surface area contributed by atoms with Crippen molar-refractivity contribution in [3.63, 3.8) is 0 Å². The summed E-state index contributed by atoms with van der Waals surface area (Å²) >= 11 is 0. The van der Waals surface area contributed by atoms with Crippen LogP contribution in [0, 0.1) is 6.92 Å². The summed E-state index contributed by atoms with van der Waals surface area (Å²) in [7, 11) is -3.40. The zero-order chi connectivity index (χ0) is 22.3. The lowest BCUT2D eigenvalue weighted by Crippen LogP contribution is -2.52. The van der Waals surface area contributed by atoms with Crippen molar-refractivity contribution in [2.45, 2.75) is 32.2 Å². The fourth-order valence-corrected chi connectivity index (χ4v) is 4.97. The number of carbonyl (C=O) groups is 3. The maximum Gasteiger partial charge on any atom is 0.262 e. The van der Waals surface area contributed by atoms with Crippen molar-refractivity contribution in [3.05, 3.63) is 64.7 Å². The lowest BCUT2D eigenvalue weighted by atomic mass is 9.98. The number of amides is 3. The number of nitrogens with zero attached hydrogens (tertiary/aromatic N) is 2. The van der Waals surface area contributed by atoms with Crippen LogP contribution < -0.4 is 4.90 Å². The van der Waals surface area contributed by atoms with Gasteiger partial charge in [0.2, 0.25) is 5.91 Å². The molecule has 0 N–H and O–H groups in total. The van der Waals surface area contributed by atoms with Gasteiger partial charge in [-0.05, 0) is 49.9 Å². The van der Waals surface area contributed by atoms with Crippen LogP contribution >= 0.6 is 0 Å². The van der Waals surface area contributed by atoms with E-state index in [9.17, 15) is 22.8 Å². The number of hydrogen-bond acceptors (Lipinski definition) is 5. The van der Waals surface area contributed by atoms with Crippen molar-refractivity contribution < 1.29 is 22.8 Å². The second-order valence-corrected chi connectivity index (χ2v) is 10.4. The molecule has 0 unspecified atom stereocenters. The number of hydrogen-bond donors (Lipinski definition) is 0. The average molecular weight is 441 g/mol. The number of rotatable bonds is 5. The van der Waals surface area contributed by atoms with Gasteiger partial charge in [-0.25, -0.2) is 8.42 Å². The third-order valence-corrected chi connectivity index (χ3v) is 6.78. The molecule has 1 atom stereocenters. The Bertz CT molecular complexity index is 1150. The smallest absolute Gasteiger partial charge is 0.262 e. The molecule has 7 nitrogen and oxygen atoms in total. The minimum atomic E-state index is -3.40. The quantitative estimate of drug-likeness (QED) is 0.666. The summed E-state index contributed by atoms with van der Waals surface area (Å²) in [5.74, 6) is -1.85. The molecule has 2 aliphatic rings. The molecule has 4 rings (SSSR count). The Balaban J connectivity index is 1.72. The molecule has 2 aromatic carbocycles. The zero-order valence-electron chi connectivity index (χ0n) is 17.5. The highest BCUT2D eigenvalue weighted by atomic mass is 32.2. The van der Waals surface area contributed by atoms with Crippen molar-refractivity contribution in [1.29, 1.82) is 0 Å². The Morgan fingerprint density at radius 3 is 2.32 bits per heavy atom. The van der Waals surface area contributed by atoms with E-state index in [-0.39, 0.29) is 23.3 Å². The number of imide groups is 1. The molecule has 0 saturated heterocycles. The number of fused-ring (bicyclic) bond motifs is 2. The van der Waals surface area contributed by atoms with Gasteiger partial charge in [0.15, 0.2) is 0 Å². The number of sulfone groups is 1. The molecule has 2 aliphatic heterocycles. The minimum Gasteiger partial charge on any atom is -0.310 e. The molecule has 0 spiro atoms. The van der Waals surface area contributed by atoms with E-state index in [4.69, 9.17) is 0 Å². The van der Waals surface area contributed by atoms with Crippen LogP contribution in [0.2, 0.25) is 0 Å². The molecule has 162 valence electrons. The molecular formula is C23H24N2O5S. The predicted octanol–water partition coefficient (Wildman–Crippen LogP) is 2.37. The highest BCUT2D eigenvalue weighted by Crippen LogP contribution is 2.32. The third kappa shape index (κ3) is 3.99. The first-order valence-electron chi connectivity index (χ1n) is 10.2. The maximum absolute atomic E-state index is 13.7. The molecule has 0 radical (unpaired) electrons. The SMILES string of the molecule is Cc1ccc2c(c1)CCCN2C(=O)[C@@H](CCS(C)(=O)=O)N1C(=O)c2ccccc2C1=O. The Hall–Kier alpha value is -3.00. The Labute approximate surface area is 181 Å². The molecule has 8 heteroatoms. The van der Waals surface area contributed by atoms with Gasteiger partial charge < -0.3 is 4.90 Å². The molecule has 2 heterocycles. The molecule has 0 aliphatic carbocycles. The van der Waals surface area contributed by atoms with Crippen LogP contribution in [0.1, 0.15) is 44.7 Å². The van der Waals surface area contributed by atoms with Crippen LogP contribution in [0.15, 0.2) is 42.5 Å². The van der Waals surface area contributed by atoms with E-state index in [0.717, 1.165) is 40.8 Å². The van der Waals surface area contributed by atoms with Gasteiger partial charge in [0.25, 0.3) is 11.8 Å². The van der Waals surface area contributed by atoms with Crippen LogP contribution in [0.4, 0.5) is 5.69 Å². The predicted molar refractivity (Wildman–Crippen MR) is 117 cm³/mol. The second-order valence-electron chi connectivity index (χ2n) is 8.19. The van der Waals surface area contributed by atoms with Crippen LogP contribution in [0.5, 0.6) is 0 Å². The van der Waals surface area contributed by atoms with E-state index < -0.39 is 33.6 Å². The van der Waals surface area contributed by atoms with E-state index in [2.05, 4.69) is 0 Å². The molecule has 0 fully saturated rings. The second kappa shape index (κ2) is 7.92. The zero-order valence-corrected chi connectivity index (χ0v) is 18.3. The first-order valence-corrected chi connectivity index (χ1v) is 12.3. The van der Waals surface area contributed by atoms with Gasteiger partial charge in [-0.3, -0.25) is 19.3 Å². The van der Waals surface area contributed by atoms with E-state index in [0.29, 0.717) is 6.54 Å². The van der Waals surface area contributed by atoms with Gasteiger partial charge >= 0.3 is 0 Å². The van der Waals surface area contributed by atoms with E-state index >= 15 is 0 Å². The summed E-state index contributed by atoms with van der Waals surface area (Å²) in [6, 6.07) is 11.0. The van der Waals surface area contributed by atoms with Crippen LogP contribution in [0.25, 0.3) is 0 Å². The summed E-state index contributed by atoms with van der Waals surface area (Å²) < 4.78 is 23.7. The molecule has 0 saturated carbocycles. The first-order chi connectivity index (χ1) is 14.7. The lowest BCUT2D eigenvalue weighted by Gasteiger charge is -2.35. The van der Waals surface area contributed by atoms with Crippen molar-refractivity contribution in [2.75, 3.05) is 23.5 Å². The van der Waals surface area contributed by atoms with Crippen molar-refractivity contribution in [3.8, 4) is 0 Å². The standard InChI is InChI=1S/C23H24N2O5S/c1-15-9-10-19-16(14-15)6-5-12-24(19)23(28)20(11-13-31(2,29)30)25-21(26)17-7-3-4-8-18(17)22(25)27/h3-4,7-10,14,20H,5-6,11-13H2,1-2H3/t20-/m1/s1. The van der Waals surface area contributed by atoms with Crippen molar-refractivity contribution >= 4 is 33.2 Å². The molecule has 31 heavy (non-hydrogen) atoms. The topological polar surface area (TPSA) is 91.8 Å². The normalized spacial score (nSPS) is 16.8. The number of carbonyl (C=O) groups excluding carboxylic acids is 3. The number of anilines is 1. The molecule has 0 bridgehead atoms. The Morgan fingerprint density at radius 2 is 1.71 bits per heavy atom. The summed E-state index contributed by atoms with van der Waals surface area (Å²) in [6.07, 6.45) is 2.53. The average Bonchev–Trinajstić information content (AvgIpc) is 2.98. The summed E-state index contributed by atoms with van der Waals surface area (Å²) in [5.41, 5.74) is 3.34. The summed E-state index contributed by atoms with van der Waals surface area (Å²) in [5, 5.41) is 0. The van der Waals surface area contributed by atoms with Gasteiger partial charge in [-0.15, -0.1) is 0 Å². The largest absolute Gasteiger partial charge is 0.310 e. The minimum absolute atomic E-state index is 0.138. The first kappa shape index (κ1) is 21.2.